The number of carbonyl (C=O) groups is 2. The summed E-state index contributed by atoms with van der Waals surface area (Å²) in [5, 5.41) is 7.77. The maximum absolute atomic E-state index is 12.6. The number of rotatable bonds is 6. The molecule has 1 aliphatic rings. The topological polar surface area (TPSA) is 119 Å². The molecule has 0 spiro atoms. The van der Waals surface area contributed by atoms with Gasteiger partial charge in [-0.2, -0.15) is 0 Å². The first-order valence-corrected chi connectivity index (χ1v) is 10.3. The van der Waals surface area contributed by atoms with Crippen LogP contribution in [0.4, 0.5) is 11.4 Å². The smallest absolute Gasteiger partial charge is 0.238 e. The van der Waals surface area contributed by atoms with E-state index < -0.39 is 15.9 Å². The number of sulfonamides is 1. The summed E-state index contributed by atoms with van der Waals surface area (Å²) in [5.41, 5.74) is 1.07. The van der Waals surface area contributed by atoms with E-state index in [1.54, 1.807) is 17.0 Å². The van der Waals surface area contributed by atoms with Crippen LogP contribution in [0.5, 0.6) is 5.75 Å². The largest absolute Gasteiger partial charge is 0.492 e. The van der Waals surface area contributed by atoms with Gasteiger partial charge in [-0.15, -0.1) is 0 Å². The van der Waals surface area contributed by atoms with Gasteiger partial charge in [0.25, 0.3) is 0 Å². The maximum Gasteiger partial charge on any atom is 0.238 e. The maximum atomic E-state index is 12.6. The van der Waals surface area contributed by atoms with Crippen LogP contribution in [0.25, 0.3) is 0 Å². The molecular weight excluding hydrogens is 382 g/mol. The van der Waals surface area contributed by atoms with Gasteiger partial charge in [-0.25, -0.2) is 13.6 Å². The van der Waals surface area contributed by atoms with E-state index >= 15 is 0 Å². The van der Waals surface area contributed by atoms with Crippen molar-refractivity contribution < 1.29 is 22.7 Å². The lowest BCUT2D eigenvalue weighted by Crippen LogP contribution is -2.28. The Labute approximate surface area is 163 Å². The zero-order valence-electron chi connectivity index (χ0n) is 15.3. The van der Waals surface area contributed by atoms with E-state index in [0.29, 0.717) is 23.7 Å². The molecule has 2 amide bonds. The summed E-state index contributed by atoms with van der Waals surface area (Å²) in [6.45, 7) is 2.57. The highest BCUT2D eigenvalue weighted by molar-refractivity contribution is 7.89. The molecule has 1 fully saturated rings. The van der Waals surface area contributed by atoms with Gasteiger partial charge in [0.05, 0.1) is 23.1 Å². The van der Waals surface area contributed by atoms with Gasteiger partial charge in [-0.05, 0) is 43.3 Å². The summed E-state index contributed by atoms with van der Waals surface area (Å²) >= 11 is 0. The van der Waals surface area contributed by atoms with Gasteiger partial charge in [0, 0.05) is 18.7 Å². The molecule has 0 aromatic heterocycles. The Morgan fingerprint density at radius 3 is 2.54 bits per heavy atom. The van der Waals surface area contributed by atoms with Crippen LogP contribution >= 0.6 is 0 Å². The van der Waals surface area contributed by atoms with Crippen molar-refractivity contribution in [2.45, 2.75) is 18.2 Å². The second kappa shape index (κ2) is 7.99. The molecule has 0 bridgehead atoms. The van der Waals surface area contributed by atoms with Crippen molar-refractivity contribution in [3.8, 4) is 5.75 Å². The minimum absolute atomic E-state index is 0.0414. The van der Waals surface area contributed by atoms with Gasteiger partial charge in [-0.3, -0.25) is 9.59 Å². The standard InChI is InChI=1S/C19H21N3O5S/c1-2-27-17-6-4-3-5-16(17)22-12-13(11-18(22)23)19(24)21-14-7-9-15(10-8-14)28(20,25)26/h3-10,13H,2,11-12H2,1H3,(H,21,24)(H2,20,25,26)/t13-/m1/s1. The highest BCUT2D eigenvalue weighted by Crippen LogP contribution is 2.33. The molecule has 1 atom stereocenters. The number of para-hydroxylation sites is 2. The first kappa shape index (κ1) is 19.8. The molecule has 1 heterocycles. The van der Waals surface area contributed by atoms with Crippen molar-refractivity contribution in [2.75, 3.05) is 23.4 Å². The van der Waals surface area contributed by atoms with Crippen LogP contribution in [-0.2, 0) is 19.6 Å². The normalized spacial score (nSPS) is 16.9. The lowest BCUT2D eigenvalue weighted by Gasteiger charge is -2.20. The van der Waals surface area contributed by atoms with E-state index in [0.717, 1.165) is 0 Å². The summed E-state index contributed by atoms with van der Waals surface area (Å²) in [4.78, 5) is 26.5. The van der Waals surface area contributed by atoms with Crippen molar-refractivity contribution >= 4 is 33.2 Å². The Hall–Kier alpha value is -2.91. The molecular formula is C19H21N3O5S. The molecule has 2 aromatic rings. The minimum atomic E-state index is -3.79. The lowest BCUT2D eigenvalue weighted by atomic mass is 10.1. The number of ether oxygens (including phenoxy) is 1. The number of hydrogen-bond donors (Lipinski definition) is 2. The molecule has 28 heavy (non-hydrogen) atoms. The number of carbonyl (C=O) groups excluding carboxylic acids is 2. The molecule has 3 rings (SSSR count). The van der Waals surface area contributed by atoms with Gasteiger partial charge in [0.1, 0.15) is 5.75 Å². The lowest BCUT2D eigenvalue weighted by molar-refractivity contribution is -0.122. The molecule has 9 heteroatoms. The van der Waals surface area contributed by atoms with E-state index in [2.05, 4.69) is 5.32 Å². The van der Waals surface area contributed by atoms with Gasteiger partial charge >= 0.3 is 0 Å². The predicted molar refractivity (Wildman–Crippen MR) is 105 cm³/mol. The van der Waals surface area contributed by atoms with E-state index in [1.807, 2.05) is 19.1 Å². The van der Waals surface area contributed by atoms with Gasteiger partial charge in [-0.1, -0.05) is 12.1 Å². The van der Waals surface area contributed by atoms with Crippen LogP contribution in [0.2, 0.25) is 0 Å². The Bertz CT molecular complexity index is 989. The molecule has 0 aliphatic carbocycles. The van der Waals surface area contributed by atoms with E-state index in [4.69, 9.17) is 9.88 Å². The third-order valence-corrected chi connectivity index (χ3v) is 5.33. The highest BCUT2D eigenvalue weighted by Gasteiger charge is 2.36. The van der Waals surface area contributed by atoms with Crippen LogP contribution in [0.15, 0.2) is 53.4 Å². The first-order chi connectivity index (χ1) is 13.3. The SMILES string of the molecule is CCOc1ccccc1N1C[C@H](C(=O)Nc2ccc(S(N)(=O)=O)cc2)CC1=O. The van der Waals surface area contributed by atoms with Crippen molar-refractivity contribution in [3.63, 3.8) is 0 Å². The summed E-state index contributed by atoms with van der Waals surface area (Å²) in [6, 6.07) is 12.7. The molecule has 2 aromatic carbocycles. The Kier molecular flexibility index (Phi) is 5.66. The van der Waals surface area contributed by atoms with Crippen molar-refractivity contribution in [2.24, 2.45) is 11.1 Å². The summed E-state index contributed by atoms with van der Waals surface area (Å²) in [7, 11) is -3.79. The molecule has 8 nitrogen and oxygen atoms in total. The summed E-state index contributed by atoms with van der Waals surface area (Å²) < 4.78 is 28.2. The van der Waals surface area contributed by atoms with Crippen molar-refractivity contribution in [1.29, 1.82) is 0 Å². The average molecular weight is 403 g/mol. The second-order valence-corrected chi connectivity index (χ2v) is 7.93. The molecule has 3 N–H and O–H groups in total. The summed E-state index contributed by atoms with van der Waals surface area (Å²) in [5.74, 6) is -0.400. The Morgan fingerprint density at radius 2 is 1.89 bits per heavy atom. The molecule has 148 valence electrons. The van der Waals surface area contributed by atoms with E-state index in [-0.39, 0.29) is 29.7 Å². The van der Waals surface area contributed by atoms with Gasteiger partial charge in [0.2, 0.25) is 21.8 Å². The summed E-state index contributed by atoms with van der Waals surface area (Å²) in [6.07, 6.45) is 0.0849. The van der Waals surface area contributed by atoms with Crippen LogP contribution < -0.4 is 20.1 Å². The van der Waals surface area contributed by atoms with Crippen molar-refractivity contribution in [3.05, 3.63) is 48.5 Å². The second-order valence-electron chi connectivity index (χ2n) is 6.36. The molecule has 1 aliphatic heterocycles. The van der Waals surface area contributed by atoms with Gasteiger partial charge in [0.15, 0.2) is 0 Å². The van der Waals surface area contributed by atoms with E-state index in [1.165, 1.54) is 24.3 Å². The molecule has 0 unspecified atom stereocenters. The number of nitrogens with zero attached hydrogens (tertiary/aromatic N) is 1. The number of amides is 2. The number of hydrogen-bond acceptors (Lipinski definition) is 5. The number of anilines is 2. The van der Waals surface area contributed by atoms with E-state index in [9.17, 15) is 18.0 Å². The van der Waals surface area contributed by atoms with Crippen LogP contribution in [0.3, 0.4) is 0 Å². The fourth-order valence-electron chi connectivity index (χ4n) is 3.05. The zero-order valence-corrected chi connectivity index (χ0v) is 16.1. The molecule has 0 saturated carbocycles. The quantitative estimate of drug-likeness (QED) is 0.761. The van der Waals surface area contributed by atoms with Gasteiger partial charge < -0.3 is 15.0 Å². The number of benzene rings is 2. The van der Waals surface area contributed by atoms with Crippen LogP contribution in [0.1, 0.15) is 13.3 Å². The average Bonchev–Trinajstić information content (AvgIpc) is 3.04. The third kappa shape index (κ3) is 4.32. The van der Waals surface area contributed by atoms with Crippen LogP contribution in [0, 0.1) is 5.92 Å². The Morgan fingerprint density at radius 1 is 1.21 bits per heavy atom. The first-order valence-electron chi connectivity index (χ1n) is 8.75. The molecule has 0 radical (unpaired) electrons. The fourth-order valence-corrected chi connectivity index (χ4v) is 3.56. The number of nitrogens with two attached hydrogens (primary N) is 1. The number of primary sulfonamides is 1. The monoisotopic (exact) mass is 403 g/mol. The highest BCUT2D eigenvalue weighted by atomic mass is 32.2. The predicted octanol–water partition coefficient (Wildman–Crippen LogP) is 1.72. The minimum Gasteiger partial charge on any atom is -0.492 e. The molecule has 1 saturated heterocycles. The van der Waals surface area contributed by atoms with Crippen LogP contribution in [-0.4, -0.2) is 33.4 Å². The fraction of sp³-hybridized carbons (Fsp3) is 0.263. The zero-order chi connectivity index (χ0) is 20.3. The Balaban J connectivity index is 1.70. The third-order valence-electron chi connectivity index (χ3n) is 4.40. The number of nitrogens with one attached hydrogen (secondary N) is 1. The van der Waals surface area contributed by atoms with Crippen molar-refractivity contribution in [1.82, 2.24) is 0 Å².